The molecule has 5 nitrogen and oxygen atoms in total. The van der Waals surface area contributed by atoms with Crippen LogP contribution in [0.25, 0.3) is 0 Å². The van der Waals surface area contributed by atoms with E-state index in [1.54, 1.807) is 0 Å². The number of halogens is 1. The van der Waals surface area contributed by atoms with Gasteiger partial charge in [-0.15, -0.1) is 0 Å². The molecule has 0 bridgehead atoms. The zero-order valence-electron chi connectivity index (χ0n) is 12.3. The van der Waals surface area contributed by atoms with Crippen molar-refractivity contribution >= 4 is 6.09 Å². The quantitative estimate of drug-likeness (QED) is 0.749. The van der Waals surface area contributed by atoms with E-state index in [1.807, 2.05) is 27.7 Å². The van der Waals surface area contributed by atoms with E-state index in [0.29, 0.717) is 0 Å². The number of nitrogens with zero attached hydrogens (tertiary/aromatic N) is 1. The van der Waals surface area contributed by atoms with Crippen LogP contribution in [0.4, 0.5) is 9.18 Å². The van der Waals surface area contributed by atoms with E-state index in [1.165, 1.54) is 6.08 Å². The molecule has 0 fully saturated rings. The summed E-state index contributed by atoms with van der Waals surface area (Å²) in [5.41, 5.74) is 2.67. The summed E-state index contributed by atoms with van der Waals surface area (Å²) in [6.45, 7) is 8.03. The molecule has 0 unspecified atom stereocenters. The summed E-state index contributed by atoms with van der Waals surface area (Å²) in [5.74, 6) is 0.0811. The average molecular weight is 283 g/mol. The monoisotopic (exact) mass is 283 g/mol. The molecule has 1 aromatic heterocycles. The first-order valence-corrected chi connectivity index (χ1v) is 6.71. The predicted octanol–water partition coefficient (Wildman–Crippen LogP) is 3.32. The van der Waals surface area contributed by atoms with Crippen molar-refractivity contribution in [3.05, 3.63) is 28.9 Å². The van der Waals surface area contributed by atoms with E-state index in [2.05, 4.69) is 15.5 Å². The number of H-pyrrole nitrogens is 1. The Hall–Kier alpha value is -1.85. The molecule has 0 radical (unpaired) electrons. The Labute approximate surface area is 118 Å². The van der Waals surface area contributed by atoms with E-state index in [0.717, 1.165) is 17.0 Å². The fraction of sp³-hybridized carbons (Fsp3) is 0.571. The van der Waals surface area contributed by atoms with Crippen molar-refractivity contribution in [1.29, 1.82) is 0 Å². The van der Waals surface area contributed by atoms with Gasteiger partial charge < -0.3 is 10.4 Å². The second kappa shape index (κ2) is 7.07. The van der Waals surface area contributed by atoms with E-state index < -0.39 is 6.09 Å². The topological polar surface area (TPSA) is 78.0 Å². The maximum absolute atomic E-state index is 13.9. The lowest BCUT2D eigenvalue weighted by molar-refractivity contribution is 0.195. The molecule has 1 heterocycles. The van der Waals surface area contributed by atoms with Crippen molar-refractivity contribution < 1.29 is 14.3 Å². The summed E-state index contributed by atoms with van der Waals surface area (Å²) in [6.07, 6.45) is 0.219. The SMILES string of the molecule is CC(C)c1n[nH]c(C(C)C)c1CC(F)=CCNC(=O)O. The summed E-state index contributed by atoms with van der Waals surface area (Å²) < 4.78 is 13.9. The van der Waals surface area contributed by atoms with Crippen molar-refractivity contribution in [3.63, 3.8) is 0 Å². The molecular formula is C14H22FN3O2. The fourth-order valence-corrected chi connectivity index (χ4v) is 2.02. The molecule has 6 heteroatoms. The zero-order valence-corrected chi connectivity index (χ0v) is 12.3. The van der Waals surface area contributed by atoms with Crippen LogP contribution in [-0.2, 0) is 6.42 Å². The molecule has 0 aliphatic heterocycles. The van der Waals surface area contributed by atoms with E-state index >= 15 is 0 Å². The highest BCUT2D eigenvalue weighted by Gasteiger charge is 2.18. The normalized spacial score (nSPS) is 12.2. The van der Waals surface area contributed by atoms with Crippen LogP contribution in [0.15, 0.2) is 11.9 Å². The summed E-state index contributed by atoms with van der Waals surface area (Å²) in [6, 6.07) is 0. The maximum atomic E-state index is 13.9. The number of aromatic nitrogens is 2. The third-order valence-electron chi connectivity index (χ3n) is 2.98. The summed E-state index contributed by atoms with van der Waals surface area (Å²) >= 11 is 0. The van der Waals surface area contributed by atoms with Crippen LogP contribution >= 0.6 is 0 Å². The number of rotatable bonds is 6. The van der Waals surface area contributed by atoms with Crippen molar-refractivity contribution in [2.45, 2.75) is 46.0 Å². The van der Waals surface area contributed by atoms with Crippen LogP contribution in [0.5, 0.6) is 0 Å². The number of carboxylic acid groups (broad SMARTS) is 1. The lowest BCUT2D eigenvalue weighted by atomic mass is 9.96. The molecular weight excluding hydrogens is 261 g/mol. The zero-order chi connectivity index (χ0) is 15.3. The van der Waals surface area contributed by atoms with E-state index in [9.17, 15) is 9.18 Å². The van der Waals surface area contributed by atoms with Gasteiger partial charge in [0.15, 0.2) is 0 Å². The first-order valence-electron chi connectivity index (χ1n) is 6.71. The Kier molecular flexibility index (Phi) is 5.73. The van der Waals surface area contributed by atoms with E-state index in [4.69, 9.17) is 5.11 Å². The molecule has 0 aliphatic carbocycles. The van der Waals surface area contributed by atoms with Crippen LogP contribution in [0.1, 0.15) is 56.5 Å². The predicted molar refractivity (Wildman–Crippen MR) is 75.7 cm³/mol. The molecule has 112 valence electrons. The van der Waals surface area contributed by atoms with Gasteiger partial charge in [0, 0.05) is 24.2 Å². The maximum Gasteiger partial charge on any atom is 0.404 e. The molecule has 0 aliphatic rings. The van der Waals surface area contributed by atoms with Gasteiger partial charge in [0.1, 0.15) is 5.83 Å². The van der Waals surface area contributed by atoms with Crippen LogP contribution in [0, 0.1) is 0 Å². The number of carbonyl (C=O) groups is 1. The molecule has 1 aromatic rings. The number of amides is 1. The summed E-state index contributed by atoms with van der Waals surface area (Å²) in [4.78, 5) is 10.3. The molecule has 0 atom stereocenters. The third kappa shape index (κ3) is 4.36. The molecule has 1 rings (SSSR count). The number of nitrogens with one attached hydrogen (secondary N) is 2. The first-order chi connectivity index (χ1) is 9.32. The number of aromatic amines is 1. The van der Waals surface area contributed by atoms with Gasteiger partial charge >= 0.3 is 6.09 Å². The van der Waals surface area contributed by atoms with Gasteiger partial charge in [-0.2, -0.15) is 5.10 Å². The van der Waals surface area contributed by atoms with Crippen molar-refractivity contribution in [2.75, 3.05) is 6.54 Å². The van der Waals surface area contributed by atoms with Crippen LogP contribution in [-0.4, -0.2) is 27.9 Å². The Morgan fingerprint density at radius 3 is 2.55 bits per heavy atom. The Bertz CT molecular complexity index is 467. The molecule has 0 saturated heterocycles. The highest BCUT2D eigenvalue weighted by molar-refractivity contribution is 5.64. The first kappa shape index (κ1) is 16.2. The van der Waals surface area contributed by atoms with Gasteiger partial charge in [0.05, 0.1) is 5.69 Å². The van der Waals surface area contributed by atoms with Gasteiger partial charge in [0.2, 0.25) is 0 Å². The van der Waals surface area contributed by atoms with Crippen molar-refractivity contribution in [3.8, 4) is 0 Å². The second-order valence-electron chi connectivity index (χ2n) is 5.32. The van der Waals surface area contributed by atoms with Gasteiger partial charge in [-0.25, -0.2) is 9.18 Å². The lowest BCUT2D eigenvalue weighted by Crippen LogP contribution is -2.20. The lowest BCUT2D eigenvalue weighted by Gasteiger charge is -2.09. The number of hydrogen-bond donors (Lipinski definition) is 3. The van der Waals surface area contributed by atoms with Crippen LogP contribution in [0.2, 0.25) is 0 Å². The van der Waals surface area contributed by atoms with Crippen molar-refractivity contribution in [2.24, 2.45) is 0 Å². The second-order valence-corrected chi connectivity index (χ2v) is 5.32. The fourth-order valence-electron chi connectivity index (χ4n) is 2.02. The summed E-state index contributed by atoms with van der Waals surface area (Å²) in [5, 5.41) is 17.8. The minimum absolute atomic E-state index is 0.0347. The smallest absolute Gasteiger partial charge is 0.404 e. The minimum atomic E-state index is -1.16. The Balaban J connectivity index is 2.89. The number of hydrogen-bond acceptors (Lipinski definition) is 2. The van der Waals surface area contributed by atoms with Gasteiger partial charge in [-0.3, -0.25) is 5.10 Å². The van der Waals surface area contributed by atoms with Crippen molar-refractivity contribution in [1.82, 2.24) is 15.5 Å². The highest BCUT2D eigenvalue weighted by atomic mass is 19.1. The van der Waals surface area contributed by atoms with Crippen LogP contribution in [0.3, 0.4) is 0 Å². The average Bonchev–Trinajstić information content (AvgIpc) is 2.72. The van der Waals surface area contributed by atoms with Gasteiger partial charge in [0.25, 0.3) is 0 Å². The van der Waals surface area contributed by atoms with E-state index in [-0.39, 0.29) is 30.6 Å². The third-order valence-corrected chi connectivity index (χ3v) is 2.98. The molecule has 3 N–H and O–H groups in total. The molecule has 0 aromatic carbocycles. The number of allylic oxidation sites excluding steroid dienone is 1. The molecule has 0 saturated carbocycles. The standard InChI is InChI=1S/C14H22FN3O2/c1-8(2)12-11(13(9(3)4)18-17-12)7-10(15)5-6-16-14(19)20/h5,8-9,16H,6-7H2,1-4H3,(H,17,18)(H,19,20). The largest absolute Gasteiger partial charge is 0.465 e. The molecule has 20 heavy (non-hydrogen) atoms. The minimum Gasteiger partial charge on any atom is -0.465 e. The summed E-state index contributed by atoms with van der Waals surface area (Å²) in [7, 11) is 0. The molecule has 0 spiro atoms. The molecule has 1 amide bonds. The highest BCUT2D eigenvalue weighted by Crippen LogP contribution is 2.27. The Morgan fingerprint density at radius 2 is 2.05 bits per heavy atom. The van der Waals surface area contributed by atoms with Gasteiger partial charge in [-0.1, -0.05) is 27.7 Å². The van der Waals surface area contributed by atoms with Gasteiger partial charge in [-0.05, 0) is 17.9 Å². The Morgan fingerprint density at radius 1 is 1.40 bits per heavy atom. The van der Waals surface area contributed by atoms with Crippen LogP contribution < -0.4 is 5.32 Å².